The number of rotatable bonds is 8. The molecule has 0 atom stereocenters. The molecular formula is C13H25N. The molecule has 82 valence electrons. The van der Waals surface area contributed by atoms with Crippen molar-refractivity contribution in [2.45, 2.75) is 51.9 Å². The van der Waals surface area contributed by atoms with E-state index in [-0.39, 0.29) is 0 Å². The summed E-state index contributed by atoms with van der Waals surface area (Å²) >= 11 is 0. The molecular weight excluding hydrogens is 170 g/mol. The fraction of sp³-hybridized carbons (Fsp3) is 0.846. The third kappa shape index (κ3) is 4.28. The monoisotopic (exact) mass is 195 g/mol. The summed E-state index contributed by atoms with van der Waals surface area (Å²) in [5.41, 5.74) is 0.640. The van der Waals surface area contributed by atoms with Crippen molar-refractivity contribution in [3.8, 4) is 0 Å². The third-order valence-corrected chi connectivity index (χ3v) is 3.37. The van der Waals surface area contributed by atoms with Crippen LogP contribution in [0.3, 0.4) is 0 Å². The molecule has 1 aliphatic carbocycles. The van der Waals surface area contributed by atoms with E-state index in [9.17, 15) is 0 Å². The number of hydrogen-bond donors (Lipinski definition) is 1. The van der Waals surface area contributed by atoms with Gasteiger partial charge in [0.05, 0.1) is 0 Å². The van der Waals surface area contributed by atoms with Gasteiger partial charge in [-0.2, -0.15) is 0 Å². The molecule has 1 N–H and O–H groups in total. The Morgan fingerprint density at radius 1 is 1.29 bits per heavy atom. The molecule has 0 aromatic carbocycles. The van der Waals surface area contributed by atoms with Crippen LogP contribution in [0.4, 0.5) is 0 Å². The van der Waals surface area contributed by atoms with Crippen molar-refractivity contribution < 1.29 is 0 Å². The first kappa shape index (κ1) is 11.8. The van der Waals surface area contributed by atoms with Crippen LogP contribution in [0.15, 0.2) is 12.7 Å². The van der Waals surface area contributed by atoms with Crippen molar-refractivity contribution in [3.63, 3.8) is 0 Å². The van der Waals surface area contributed by atoms with Gasteiger partial charge >= 0.3 is 0 Å². The second kappa shape index (κ2) is 6.23. The average Bonchev–Trinajstić information content (AvgIpc) is 2.14. The number of unbranched alkanes of at least 4 members (excludes halogenated alkanes) is 3. The Morgan fingerprint density at radius 2 is 2.07 bits per heavy atom. The summed E-state index contributed by atoms with van der Waals surface area (Å²) in [6, 6.07) is 0. The van der Waals surface area contributed by atoms with Crippen LogP contribution in [0.25, 0.3) is 0 Å². The largest absolute Gasteiger partial charge is 0.316 e. The minimum Gasteiger partial charge on any atom is -0.316 e. The maximum Gasteiger partial charge on any atom is 0.000516 e. The van der Waals surface area contributed by atoms with Crippen molar-refractivity contribution in [3.05, 3.63) is 12.7 Å². The zero-order chi connectivity index (χ0) is 10.3. The van der Waals surface area contributed by atoms with Crippen LogP contribution in [-0.2, 0) is 0 Å². The maximum atomic E-state index is 3.73. The second-order valence-corrected chi connectivity index (χ2v) is 4.98. The number of hydrogen-bond acceptors (Lipinski definition) is 1. The van der Waals surface area contributed by atoms with Gasteiger partial charge in [-0.15, -0.1) is 6.58 Å². The van der Waals surface area contributed by atoms with Gasteiger partial charge in [-0.25, -0.2) is 0 Å². The summed E-state index contributed by atoms with van der Waals surface area (Å²) in [4.78, 5) is 0. The van der Waals surface area contributed by atoms with Gasteiger partial charge < -0.3 is 5.32 Å². The highest BCUT2D eigenvalue weighted by Gasteiger charge is 2.30. The van der Waals surface area contributed by atoms with E-state index in [0.29, 0.717) is 5.41 Å². The van der Waals surface area contributed by atoms with E-state index in [1.807, 2.05) is 6.08 Å². The van der Waals surface area contributed by atoms with Gasteiger partial charge in [0.25, 0.3) is 0 Å². The Balaban J connectivity index is 1.82. The van der Waals surface area contributed by atoms with Crippen LogP contribution in [0.2, 0.25) is 0 Å². The molecule has 0 aromatic rings. The topological polar surface area (TPSA) is 12.0 Å². The van der Waals surface area contributed by atoms with Crippen molar-refractivity contribution in [1.29, 1.82) is 0 Å². The molecule has 0 aliphatic heterocycles. The van der Waals surface area contributed by atoms with Gasteiger partial charge in [0.1, 0.15) is 0 Å². The van der Waals surface area contributed by atoms with E-state index in [1.165, 1.54) is 58.0 Å². The van der Waals surface area contributed by atoms with Gasteiger partial charge in [0.2, 0.25) is 0 Å². The average molecular weight is 195 g/mol. The summed E-state index contributed by atoms with van der Waals surface area (Å²) in [6.45, 7) is 8.57. The van der Waals surface area contributed by atoms with Crippen LogP contribution < -0.4 is 5.32 Å². The Kier molecular flexibility index (Phi) is 5.24. The first-order chi connectivity index (χ1) is 6.77. The van der Waals surface area contributed by atoms with E-state index in [2.05, 4.69) is 18.8 Å². The van der Waals surface area contributed by atoms with Gasteiger partial charge in [-0.3, -0.25) is 0 Å². The van der Waals surface area contributed by atoms with Crippen LogP contribution in [-0.4, -0.2) is 13.1 Å². The smallest absolute Gasteiger partial charge is 0.000516 e. The van der Waals surface area contributed by atoms with E-state index in [4.69, 9.17) is 0 Å². The third-order valence-electron chi connectivity index (χ3n) is 3.37. The molecule has 1 saturated carbocycles. The fourth-order valence-electron chi connectivity index (χ4n) is 2.06. The molecule has 1 rings (SSSR count). The zero-order valence-corrected chi connectivity index (χ0v) is 9.65. The molecule has 1 aliphatic rings. The summed E-state index contributed by atoms with van der Waals surface area (Å²) in [5.74, 6) is 0. The predicted octanol–water partition coefficient (Wildman–Crippen LogP) is 3.51. The summed E-state index contributed by atoms with van der Waals surface area (Å²) in [6.07, 6.45) is 11.5. The molecule has 0 bridgehead atoms. The van der Waals surface area contributed by atoms with Crippen LogP contribution in [0.5, 0.6) is 0 Å². The lowest BCUT2D eigenvalue weighted by molar-refractivity contribution is 0.157. The Bertz CT molecular complexity index is 159. The highest BCUT2D eigenvalue weighted by Crippen LogP contribution is 2.39. The molecule has 0 spiro atoms. The van der Waals surface area contributed by atoms with Gasteiger partial charge in [-0.05, 0) is 44.1 Å². The first-order valence-corrected chi connectivity index (χ1v) is 6.08. The molecule has 0 radical (unpaired) electrons. The first-order valence-electron chi connectivity index (χ1n) is 6.08. The lowest BCUT2D eigenvalue weighted by Crippen LogP contribution is -2.37. The second-order valence-electron chi connectivity index (χ2n) is 4.98. The predicted molar refractivity (Wildman–Crippen MR) is 63.5 cm³/mol. The SMILES string of the molecule is C=CCCCCCNCC1(C)CCC1. The summed E-state index contributed by atoms with van der Waals surface area (Å²) in [5, 5.41) is 3.58. The molecule has 1 nitrogen and oxygen atoms in total. The highest BCUT2D eigenvalue weighted by atomic mass is 14.9. The van der Waals surface area contributed by atoms with Gasteiger partial charge in [0, 0.05) is 6.54 Å². The number of allylic oxidation sites excluding steroid dienone is 1. The minimum absolute atomic E-state index is 0.640. The van der Waals surface area contributed by atoms with Crippen molar-refractivity contribution in [2.75, 3.05) is 13.1 Å². The quantitative estimate of drug-likeness (QED) is 0.461. The summed E-state index contributed by atoms with van der Waals surface area (Å²) < 4.78 is 0. The normalized spacial score (nSPS) is 18.9. The minimum atomic E-state index is 0.640. The molecule has 0 heterocycles. The van der Waals surface area contributed by atoms with Gasteiger partial charge in [0.15, 0.2) is 0 Å². The number of nitrogens with one attached hydrogen (secondary N) is 1. The Morgan fingerprint density at radius 3 is 2.64 bits per heavy atom. The van der Waals surface area contributed by atoms with Crippen LogP contribution in [0, 0.1) is 5.41 Å². The molecule has 0 unspecified atom stereocenters. The molecule has 1 heteroatoms. The molecule has 14 heavy (non-hydrogen) atoms. The Labute approximate surface area is 89.0 Å². The van der Waals surface area contributed by atoms with Crippen LogP contribution >= 0.6 is 0 Å². The van der Waals surface area contributed by atoms with E-state index < -0.39 is 0 Å². The molecule has 1 fully saturated rings. The maximum absolute atomic E-state index is 3.73. The lowest BCUT2D eigenvalue weighted by Gasteiger charge is -2.38. The van der Waals surface area contributed by atoms with Gasteiger partial charge in [-0.1, -0.05) is 25.8 Å². The van der Waals surface area contributed by atoms with E-state index in [0.717, 1.165) is 0 Å². The Hall–Kier alpha value is -0.300. The lowest BCUT2D eigenvalue weighted by atomic mass is 9.70. The van der Waals surface area contributed by atoms with Crippen molar-refractivity contribution >= 4 is 0 Å². The van der Waals surface area contributed by atoms with Crippen LogP contribution in [0.1, 0.15) is 51.9 Å². The highest BCUT2D eigenvalue weighted by molar-refractivity contribution is 4.84. The standard InChI is InChI=1S/C13H25N/c1-3-4-5-6-7-11-14-12-13(2)9-8-10-13/h3,14H,1,4-12H2,2H3. The molecule has 0 saturated heterocycles. The van der Waals surface area contributed by atoms with Crippen molar-refractivity contribution in [1.82, 2.24) is 5.32 Å². The van der Waals surface area contributed by atoms with E-state index >= 15 is 0 Å². The summed E-state index contributed by atoms with van der Waals surface area (Å²) in [7, 11) is 0. The molecule has 0 amide bonds. The van der Waals surface area contributed by atoms with E-state index in [1.54, 1.807) is 0 Å². The van der Waals surface area contributed by atoms with Crippen molar-refractivity contribution in [2.24, 2.45) is 5.41 Å². The molecule has 0 aromatic heterocycles. The zero-order valence-electron chi connectivity index (χ0n) is 9.65. The fourth-order valence-corrected chi connectivity index (χ4v) is 2.06.